The molecule has 2 aromatic carbocycles. The first-order valence-electron chi connectivity index (χ1n) is 10.5. The molecule has 0 aliphatic carbocycles. The smallest absolute Gasteiger partial charge is 0.420 e. The molecule has 2 aliphatic heterocycles. The van der Waals surface area contributed by atoms with E-state index in [1.165, 1.54) is 24.3 Å². The van der Waals surface area contributed by atoms with Crippen molar-refractivity contribution in [1.29, 1.82) is 0 Å². The van der Waals surface area contributed by atoms with Crippen LogP contribution in [0.2, 0.25) is 0 Å². The van der Waals surface area contributed by atoms with Gasteiger partial charge in [-0.15, -0.1) is 8.78 Å². The lowest BCUT2D eigenvalue weighted by Gasteiger charge is -2.40. The van der Waals surface area contributed by atoms with E-state index in [0.29, 0.717) is 43.0 Å². The van der Waals surface area contributed by atoms with Crippen LogP contribution in [0.4, 0.5) is 20.2 Å². The zero-order valence-corrected chi connectivity index (χ0v) is 18.9. The summed E-state index contributed by atoms with van der Waals surface area (Å²) >= 11 is 4.76. The van der Waals surface area contributed by atoms with Crippen molar-refractivity contribution >= 4 is 41.5 Å². The number of aliphatic hydroxyl groups is 1. The third-order valence-corrected chi connectivity index (χ3v) is 5.42. The van der Waals surface area contributed by atoms with Crippen molar-refractivity contribution in [3.63, 3.8) is 0 Å². The molecule has 0 unspecified atom stereocenters. The van der Waals surface area contributed by atoms with Gasteiger partial charge in [0, 0.05) is 65.7 Å². The molecule has 33 heavy (non-hydrogen) atoms. The minimum atomic E-state index is -3.81. The van der Waals surface area contributed by atoms with Crippen LogP contribution in [-0.2, 0) is 9.31 Å². The second kappa shape index (κ2) is 9.10. The van der Waals surface area contributed by atoms with Crippen molar-refractivity contribution < 1.29 is 32.7 Å². The number of nitrogens with zero attached hydrogens (tertiary/aromatic N) is 1. The summed E-state index contributed by atoms with van der Waals surface area (Å²) in [6.07, 6.45) is -0.390. The Balaban J connectivity index is 1.52. The first-order chi connectivity index (χ1) is 15.5. The molecule has 2 aliphatic rings. The Hall–Kier alpha value is -2.40. The minimum absolute atomic E-state index is 0.109. The second-order valence-corrected chi connectivity index (χ2v) is 9.42. The molecule has 11 heteroatoms. The van der Waals surface area contributed by atoms with Gasteiger partial charge in [-0.2, -0.15) is 0 Å². The number of hydrogen-bond acceptors (Lipinski definition) is 6. The minimum Gasteiger partial charge on any atom is -0.420 e. The van der Waals surface area contributed by atoms with Gasteiger partial charge >= 0.3 is 12.7 Å². The van der Waals surface area contributed by atoms with Gasteiger partial charge < -0.3 is 29.4 Å². The fourth-order valence-corrected chi connectivity index (χ4v) is 3.73. The predicted molar refractivity (Wildman–Crippen MR) is 122 cm³/mol. The molecule has 7 nitrogen and oxygen atoms in total. The third kappa shape index (κ3) is 5.94. The first kappa shape index (κ1) is 23.8. The number of carbonyl (C=O) groups excluding carboxylic acids is 1. The van der Waals surface area contributed by atoms with Gasteiger partial charge in [-0.05, 0) is 42.5 Å². The van der Waals surface area contributed by atoms with E-state index in [-0.39, 0.29) is 17.1 Å². The number of alkyl halides is 3. The number of carbonyl (C=O) groups is 1. The Bertz CT molecular complexity index is 1000. The number of rotatable bonds is 6. The molecule has 176 valence electrons. The van der Waals surface area contributed by atoms with Crippen LogP contribution >= 0.6 is 11.6 Å². The zero-order valence-electron chi connectivity index (χ0n) is 18.2. The van der Waals surface area contributed by atoms with E-state index in [1.54, 1.807) is 12.1 Å². The Kier molecular flexibility index (Phi) is 6.55. The van der Waals surface area contributed by atoms with Gasteiger partial charge in [-0.25, -0.2) is 0 Å². The van der Waals surface area contributed by atoms with Crippen molar-refractivity contribution in [2.75, 3.05) is 36.5 Å². The average molecular weight is 481 g/mol. The van der Waals surface area contributed by atoms with Gasteiger partial charge in [0.25, 0.3) is 5.91 Å². The Labute approximate surface area is 195 Å². The van der Waals surface area contributed by atoms with Gasteiger partial charge in [-0.3, -0.25) is 4.79 Å². The topological polar surface area (TPSA) is 80.3 Å². The lowest BCUT2D eigenvalue weighted by Crippen LogP contribution is -2.55. The molecule has 2 saturated heterocycles. The van der Waals surface area contributed by atoms with Gasteiger partial charge in [0.05, 0.1) is 6.10 Å². The molecule has 2 fully saturated rings. The van der Waals surface area contributed by atoms with Crippen molar-refractivity contribution in [2.45, 2.75) is 25.5 Å². The number of aliphatic hydroxyl groups excluding tert-OH is 1. The molecular weight excluding hydrogens is 457 g/mol. The standard InChI is InChI=1S/C22H24BClF2N2O5/c1-21(2)12-31-23(32-13-21)18-9-14(3-8-19(18)28-10-16(29)11-28)20(30)27-15-4-6-17(7-5-15)33-22(24,25)26/h3-9,16,29H,10-13H2,1-2H3,(H,27,30). The number of nitrogens with one attached hydrogen (secondary N) is 1. The number of β-amino-alcohol motifs (C(OH)–C–C–N with tert-alkyl or cyclic N) is 1. The first-order valence-corrected chi connectivity index (χ1v) is 10.8. The number of benzene rings is 2. The fourth-order valence-electron chi connectivity index (χ4n) is 3.64. The highest BCUT2D eigenvalue weighted by molar-refractivity contribution is 6.63. The van der Waals surface area contributed by atoms with Gasteiger partial charge in [0.1, 0.15) is 5.75 Å². The number of halogens is 3. The lowest BCUT2D eigenvalue weighted by molar-refractivity contribution is -0.0964. The molecule has 4 rings (SSSR count). The van der Waals surface area contributed by atoms with E-state index < -0.39 is 18.8 Å². The van der Waals surface area contributed by atoms with Crippen LogP contribution in [0, 0.1) is 5.41 Å². The molecule has 0 radical (unpaired) electrons. The molecule has 2 N–H and O–H groups in total. The predicted octanol–water partition coefficient (Wildman–Crippen LogP) is 3.06. The SMILES string of the molecule is CC1(C)COB(c2cc(C(=O)Nc3ccc(OC(F)(F)Cl)cc3)ccc2N2CC(O)C2)OC1. The van der Waals surface area contributed by atoms with E-state index in [4.69, 9.17) is 20.9 Å². The molecule has 0 aromatic heterocycles. The van der Waals surface area contributed by atoms with E-state index in [9.17, 15) is 18.7 Å². The maximum atomic E-state index is 12.9. The molecular formula is C22H24BClF2N2O5. The largest absolute Gasteiger partial charge is 0.496 e. The van der Waals surface area contributed by atoms with Crippen molar-refractivity contribution in [1.82, 2.24) is 0 Å². The van der Waals surface area contributed by atoms with Crippen LogP contribution in [0.25, 0.3) is 0 Å². The van der Waals surface area contributed by atoms with E-state index >= 15 is 0 Å². The monoisotopic (exact) mass is 480 g/mol. The second-order valence-electron chi connectivity index (χ2n) is 8.98. The molecule has 0 atom stereocenters. The highest BCUT2D eigenvalue weighted by Gasteiger charge is 2.37. The molecule has 0 saturated carbocycles. The average Bonchev–Trinajstić information content (AvgIpc) is 2.71. The van der Waals surface area contributed by atoms with Crippen LogP contribution in [-0.4, -0.2) is 56.1 Å². The molecule has 0 bridgehead atoms. The Morgan fingerprint density at radius 3 is 2.42 bits per heavy atom. The zero-order chi connectivity index (χ0) is 23.8. The molecule has 0 spiro atoms. The van der Waals surface area contributed by atoms with Gasteiger partial charge in [-0.1, -0.05) is 13.8 Å². The summed E-state index contributed by atoms with van der Waals surface area (Å²) in [6, 6.07) is 10.6. The summed E-state index contributed by atoms with van der Waals surface area (Å²) in [5, 5.41) is 12.4. The number of ether oxygens (including phenoxy) is 1. The highest BCUT2D eigenvalue weighted by atomic mass is 35.5. The quantitative estimate of drug-likeness (QED) is 0.489. The summed E-state index contributed by atoms with van der Waals surface area (Å²) in [7, 11) is -0.632. The molecule has 1 amide bonds. The van der Waals surface area contributed by atoms with Gasteiger partial charge in [0.2, 0.25) is 0 Å². The highest BCUT2D eigenvalue weighted by Crippen LogP contribution is 2.27. The van der Waals surface area contributed by atoms with Gasteiger partial charge in [0.15, 0.2) is 0 Å². The van der Waals surface area contributed by atoms with Crippen LogP contribution in [0.15, 0.2) is 42.5 Å². The van der Waals surface area contributed by atoms with Crippen molar-refractivity contribution in [3.8, 4) is 5.75 Å². The summed E-state index contributed by atoms with van der Waals surface area (Å²) in [4.78, 5) is 14.9. The molecule has 2 aromatic rings. The maximum absolute atomic E-state index is 12.9. The van der Waals surface area contributed by atoms with E-state index in [2.05, 4.69) is 10.1 Å². The number of anilines is 2. The lowest BCUT2D eigenvalue weighted by atomic mass is 9.73. The summed E-state index contributed by atoms with van der Waals surface area (Å²) in [5.41, 5.74) is -1.60. The fraction of sp³-hybridized carbons (Fsp3) is 0.409. The van der Waals surface area contributed by atoms with Crippen LogP contribution in [0.1, 0.15) is 24.2 Å². The van der Waals surface area contributed by atoms with E-state index in [0.717, 1.165) is 5.69 Å². The van der Waals surface area contributed by atoms with Crippen molar-refractivity contribution in [3.05, 3.63) is 48.0 Å². The number of hydrogen-bond donors (Lipinski definition) is 2. The molecule has 2 heterocycles. The Morgan fingerprint density at radius 1 is 1.21 bits per heavy atom. The summed E-state index contributed by atoms with van der Waals surface area (Å²) in [6.45, 7) is 6.09. The van der Waals surface area contributed by atoms with Crippen LogP contribution in [0.3, 0.4) is 0 Å². The maximum Gasteiger partial charge on any atom is 0.496 e. The summed E-state index contributed by atoms with van der Waals surface area (Å²) in [5.74, 6) is -0.523. The number of amides is 1. The van der Waals surface area contributed by atoms with Crippen LogP contribution < -0.4 is 20.4 Å². The Morgan fingerprint density at radius 2 is 1.85 bits per heavy atom. The van der Waals surface area contributed by atoms with Crippen molar-refractivity contribution in [2.24, 2.45) is 5.41 Å². The normalized spacial score (nSPS) is 18.6. The summed E-state index contributed by atoms with van der Waals surface area (Å²) < 4.78 is 41.7. The third-order valence-electron chi connectivity index (χ3n) is 5.34. The van der Waals surface area contributed by atoms with Crippen LogP contribution in [0.5, 0.6) is 5.75 Å². The van der Waals surface area contributed by atoms with E-state index in [1.807, 2.05) is 24.8 Å².